The van der Waals surface area contributed by atoms with E-state index >= 15 is 0 Å². The number of nitrogens with one attached hydrogen (secondary N) is 1. The molecule has 1 atom stereocenters. The second-order valence-corrected chi connectivity index (χ2v) is 5.76. The maximum absolute atomic E-state index is 13.2. The molecule has 6 heteroatoms. The first kappa shape index (κ1) is 15.5. The van der Waals surface area contributed by atoms with Crippen molar-refractivity contribution < 1.29 is 4.39 Å². The van der Waals surface area contributed by atoms with Gasteiger partial charge in [0.25, 0.3) is 0 Å². The van der Waals surface area contributed by atoms with Crippen molar-refractivity contribution in [3.63, 3.8) is 0 Å². The quantitative estimate of drug-likeness (QED) is 0.897. The fraction of sp³-hybridized carbons (Fsp3) is 0.176. The number of aromatic nitrogens is 1. The summed E-state index contributed by atoms with van der Waals surface area (Å²) in [5.74, 6) is 0.918. The fourth-order valence-corrected chi connectivity index (χ4v) is 2.66. The molecule has 1 aromatic carbocycles. The van der Waals surface area contributed by atoms with E-state index in [4.69, 9.17) is 17.3 Å². The van der Waals surface area contributed by atoms with Crippen molar-refractivity contribution in [2.45, 2.75) is 18.9 Å². The van der Waals surface area contributed by atoms with Gasteiger partial charge in [-0.25, -0.2) is 14.4 Å². The monoisotopic (exact) mass is 330 g/mol. The van der Waals surface area contributed by atoms with Gasteiger partial charge < -0.3 is 11.1 Å². The van der Waals surface area contributed by atoms with Crippen LogP contribution in [0.15, 0.2) is 58.7 Å². The highest BCUT2D eigenvalue weighted by atomic mass is 35.5. The lowest BCUT2D eigenvalue weighted by Crippen LogP contribution is -2.19. The summed E-state index contributed by atoms with van der Waals surface area (Å²) in [6.45, 7) is 0.492. The maximum atomic E-state index is 13.2. The molecule has 2 aromatic rings. The van der Waals surface area contributed by atoms with Crippen LogP contribution >= 0.6 is 11.6 Å². The molecule has 0 bridgehead atoms. The number of hydrogen-bond donors (Lipinski definition) is 2. The minimum atomic E-state index is -0.250. The highest BCUT2D eigenvalue weighted by Gasteiger charge is 2.21. The van der Waals surface area contributed by atoms with Gasteiger partial charge in [0, 0.05) is 30.1 Å². The second-order valence-electron chi connectivity index (χ2n) is 5.32. The number of pyridine rings is 1. The van der Waals surface area contributed by atoms with Gasteiger partial charge >= 0.3 is 0 Å². The van der Waals surface area contributed by atoms with Crippen molar-refractivity contribution in [3.8, 4) is 0 Å². The van der Waals surface area contributed by atoms with Crippen molar-refractivity contribution in [1.29, 1.82) is 0 Å². The SMILES string of the molecule is NC1=NC=C(Cl)C(c2cccc(NCc3cccc(F)c3)n2)C1. The molecule has 3 rings (SSSR count). The molecule has 0 radical (unpaired) electrons. The average molecular weight is 331 g/mol. The lowest BCUT2D eigenvalue weighted by Gasteiger charge is -2.19. The van der Waals surface area contributed by atoms with Crippen molar-refractivity contribution in [2.24, 2.45) is 10.7 Å². The van der Waals surface area contributed by atoms with Crippen LogP contribution in [-0.4, -0.2) is 10.8 Å². The van der Waals surface area contributed by atoms with Gasteiger partial charge in [-0.2, -0.15) is 0 Å². The van der Waals surface area contributed by atoms with E-state index in [0.29, 0.717) is 29.7 Å². The van der Waals surface area contributed by atoms with Gasteiger partial charge in [-0.1, -0.05) is 29.8 Å². The van der Waals surface area contributed by atoms with Crippen LogP contribution in [0, 0.1) is 5.82 Å². The summed E-state index contributed by atoms with van der Waals surface area (Å²) in [7, 11) is 0. The Morgan fingerprint density at radius 3 is 2.91 bits per heavy atom. The van der Waals surface area contributed by atoms with Crippen molar-refractivity contribution >= 4 is 23.3 Å². The minimum absolute atomic E-state index is 0.0786. The number of nitrogens with zero attached hydrogens (tertiary/aromatic N) is 2. The zero-order valence-corrected chi connectivity index (χ0v) is 13.1. The Kier molecular flexibility index (Phi) is 4.57. The van der Waals surface area contributed by atoms with E-state index in [9.17, 15) is 4.39 Å². The van der Waals surface area contributed by atoms with Crippen molar-refractivity contribution in [1.82, 2.24) is 4.98 Å². The zero-order chi connectivity index (χ0) is 16.2. The molecule has 3 N–H and O–H groups in total. The molecule has 0 fully saturated rings. The van der Waals surface area contributed by atoms with Crippen molar-refractivity contribution in [2.75, 3.05) is 5.32 Å². The Morgan fingerprint density at radius 2 is 2.09 bits per heavy atom. The molecule has 118 valence electrons. The first-order valence-corrected chi connectivity index (χ1v) is 7.62. The number of rotatable bonds is 4. The number of anilines is 1. The molecule has 1 aliphatic heterocycles. The molecule has 23 heavy (non-hydrogen) atoms. The third-order valence-electron chi connectivity index (χ3n) is 3.59. The van der Waals surface area contributed by atoms with E-state index < -0.39 is 0 Å². The number of aliphatic imine (C=N–C) groups is 1. The molecule has 0 aliphatic carbocycles. The van der Waals surface area contributed by atoms with Gasteiger partial charge in [0.1, 0.15) is 11.6 Å². The number of benzene rings is 1. The Balaban J connectivity index is 1.73. The Hall–Kier alpha value is -2.40. The predicted molar refractivity (Wildman–Crippen MR) is 90.9 cm³/mol. The summed E-state index contributed by atoms with van der Waals surface area (Å²) in [4.78, 5) is 8.59. The fourth-order valence-electron chi connectivity index (χ4n) is 2.42. The smallest absolute Gasteiger partial charge is 0.126 e. The summed E-state index contributed by atoms with van der Waals surface area (Å²) in [5, 5.41) is 3.81. The van der Waals surface area contributed by atoms with Crippen LogP contribution in [0.5, 0.6) is 0 Å². The largest absolute Gasteiger partial charge is 0.387 e. The predicted octanol–water partition coefficient (Wildman–Crippen LogP) is 3.76. The normalized spacial score (nSPS) is 17.4. The third-order valence-corrected chi connectivity index (χ3v) is 3.95. The third kappa shape index (κ3) is 3.87. The van der Waals surface area contributed by atoms with Gasteiger partial charge in [-0.05, 0) is 29.8 Å². The standard InChI is InChI=1S/C17H16ClFN4/c18-14-10-21-16(20)8-13(14)15-5-2-6-17(23-15)22-9-11-3-1-4-12(19)7-11/h1-7,10,13H,8-9H2,(H2,20,21)(H,22,23). The van der Waals surface area contributed by atoms with Crippen molar-refractivity contribution in [3.05, 3.63) is 70.8 Å². The average Bonchev–Trinajstić information content (AvgIpc) is 2.55. The minimum Gasteiger partial charge on any atom is -0.387 e. The van der Waals surface area contributed by atoms with Crippen LogP contribution in [0.25, 0.3) is 0 Å². The van der Waals surface area contributed by atoms with E-state index in [0.717, 1.165) is 11.3 Å². The maximum Gasteiger partial charge on any atom is 0.126 e. The molecule has 1 unspecified atom stereocenters. The summed E-state index contributed by atoms with van der Waals surface area (Å²) < 4.78 is 13.2. The molecular formula is C17H16ClFN4. The molecule has 1 aromatic heterocycles. The van der Waals surface area contributed by atoms with Gasteiger partial charge in [0.2, 0.25) is 0 Å². The van der Waals surface area contributed by atoms with E-state index in [-0.39, 0.29) is 11.7 Å². The van der Waals surface area contributed by atoms with Gasteiger partial charge in [0.15, 0.2) is 0 Å². The molecule has 1 aliphatic rings. The van der Waals surface area contributed by atoms with E-state index in [1.807, 2.05) is 24.3 Å². The first-order chi connectivity index (χ1) is 11.1. The van der Waals surface area contributed by atoms with E-state index in [1.54, 1.807) is 12.3 Å². The molecular weight excluding hydrogens is 315 g/mol. The van der Waals surface area contributed by atoms with E-state index in [1.165, 1.54) is 12.1 Å². The summed E-state index contributed by atoms with van der Waals surface area (Å²) in [6.07, 6.45) is 2.12. The lowest BCUT2D eigenvalue weighted by atomic mass is 9.98. The van der Waals surface area contributed by atoms with Crippen LogP contribution in [-0.2, 0) is 6.54 Å². The van der Waals surface area contributed by atoms with E-state index in [2.05, 4.69) is 15.3 Å². The van der Waals surface area contributed by atoms with Gasteiger partial charge in [-0.15, -0.1) is 0 Å². The molecule has 0 spiro atoms. The summed E-state index contributed by atoms with van der Waals surface area (Å²) in [6, 6.07) is 12.1. The van der Waals surface area contributed by atoms with Crippen LogP contribution in [0.1, 0.15) is 23.6 Å². The molecule has 2 heterocycles. The topological polar surface area (TPSA) is 63.3 Å². The molecule has 0 amide bonds. The van der Waals surface area contributed by atoms with Crippen LogP contribution in [0.3, 0.4) is 0 Å². The second kappa shape index (κ2) is 6.79. The Labute approximate surface area is 138 Å². The molecule has 0 saturated carbocycles. The van der Waals surface area contributed by atoms with Gasteiger partial charge in [0.05, 0.1) is 11.5 Å². The van der Waals surface area contributed by atoms with Crippen LogP contribution < -0.4 is 11.1 Å². The summed E-state index contributed by atoms with van der Waals surface area (Å²) >= 11 is 6.22. The van der Waals surface area contributed by atoms with Crippen LogP contribution in [0.2, 0.25) is 0 Å². The highest BCUT2D eigenvalue weighted by molar-refractivity contribution is 6.30. The number of hydrogen-bond acceptors (Lipinski definition) is 4. The zero-order valence-electron chi connectivity index (χ0n) is 12.3. The van der Waals surface area contributed by atoms with Crippen LogP contribution in [0.4, 0.5) is 10.2 Å². The Morgan fingerprint density at radius 1 is 1.26 bits per heavy atom. The highest BCUT2D eigenvalue weighted by Crippen LogP contribution is 2.32. The molecule has 4 nitrogen and oxygen atoms in total. The van der Waals surface area contributed by atoms with Gasteiger partial charge in [-0.3, -0.25) is 0 Å². The first-order valence-electron chi connectivity index (χ1n) is 7.25. The summed E-state index contributed by atoms with van der Waals surface area (Å²) in [5.41, 5.74) is 7.46. The Bertz CT molecular complexity index is 773. The number of amidine groups is 1. The molecule has 0 saturated heterocycles. The number of halogens is 2. The lowest BCUT2D eigenvalue weighted by molar-refractivity contribution is 0.626. The number of allylic oxidation sites excluding steroid dienone is 1. The number of nitrogens with two attached hydrogens (primary N) is 1.